The zero-order valence-corrected chi connectivity index (χ0v) is 8.47. The minimum atomic E-state index is 0.702. The molecule has 0 fully saturated rings. The molecule has 2 aromatic heterocycles. The number of pyridine rings is 1. The molecular weight excluding hydrogens is 190 g/mol. The van der Waals surface area contributed by atoms with Gasteiger partial charge in [-0.15, -0.1) is 0 Å². The molecule has 0 aliphatic carbocycles. The quantitative estimate of drug-likeness (QED) is 0.704. The Hall–Kier alpha value is -1.84. The number of ether oxygens (including phenoxy) is 1. The molecule has 0 N–H and O–H groups in total. The molecule has 0 radical (unpaired) electrons. The molecule has 0 aromatic carbocycles. The van der Waals surface area contributed by atoms with Gasteiger partial charge in [0.05, 0.1) is 12.2 Å². The summed E-state index contributed by atoms with van der Waals surface area (Å²) >= 11 is 0. The monoisotopic (exact) mass is 201 g/mol. The van der Waals surface area contributed by atoms with Gasteiger partial charge in [-0.2, -0.15) is 4.98 Å². The first-order valence-corrected chi connectivity index (χ1v) is 4.97. The first-order chi connectivity index (χ1) is 7.33. The van der Waals surface area contributed by atoms with Crippen LogP contribution in [0.2, 0.25) is 0 Å². The van der Waals surface area contributed by atoms with Crippen molar-refractivity contribution < 1.29 is 4.74 Å². The standard InChI is InChI=1S/C11H11N3O/c1-8-3-2-4-9(12-8)10-7-14-5-6-15-11(14)13-10/h2-4,7H,5-6H2,1H3. The van der Waals surface area contributed by atoms with Crippen molar-refractivity contribution in [1.82, 2.24) is 14.5 Å². The molecule has 15 heavy (non-hydrogen) atoms. The van der Waals surface area contributed by atoms with Gasteiger partial charge >= 0.3 is 0 Å². The van der Waals surface area contributed by atoms with E-state index in [1.807, 2.05) is 35.9 Å². The van der Waals surface area contributed by atoms with Gasteiger partial charge in [-0.3, -0.25) is 9.55 Å². The fourth-order valence-corrected chi connectivity index (χ4v) is 1.72. The van der Waals surface area contributed by atoms with Crippen LogP contribution in [0.4, 0.5) is 0 Å². The second kappa shape index (κ2) is 3.08. The number of aryl methyl sites for hydroxylation is 1. The topological polar surface area (TPSA) is 39.9 Å². The first kappa shape index (κ1) is 8.47. The summed E-state index contributed by atoms with van der Waals surface area (Å²) in [5, 5.41) is 0. The van der Waals surface area contributed by atoms with Gasteiger partial charge in [-0.05, 0) is 19.1 Å². The van der Waals surface area contributed by atoms with Gasteiger partial charge < -0.3 is 4.74 Å². The summed E-state index contributed by atoms with van der Waals surface area (Å²) in [6.07, 6.45) is 1.99. The Kier molecular flexibility index (Phi) is 1.74. The summed E-state index contributed by atoms with van der Waals surface area (Å²) in [6, 6.07) is 6.63. The zero-order chi connectivity index (χ0) is 10.3. The van der Waals surface area contributed by atoms with Gasteiger partial charge in [0.1, 0.15) is 12.3 Å². The van der Waals surface area contributed by atoms with Gasteiger partial charge in [0.15, 0.2) is 0 Å². The molecule has 0 atom stereocenters. The number of fused-ring (bicyclic) bond motifs is 1. The Labute approximate surface area is 87.5 Å². The van der Waals surface area contributed by atoms with E-state index in [0.29, 0.717) is 6.01 Å². The van der Waals surface area contributed by atoms with Gasteiger partial charge in [0.2, 0.25) is 0 Å². The molecule has 3 heterocycles. The number of aromatic nitrogens is 3. The summed E-state index contributed by atoms with van der Waals surface area (Å²) in [5.41, 5.74) is 2.79. The lowest BCUT2D eigenvalue weighted by molar-refractivity contribution is 0.345. The maximum absolute atomic E-state index is 5.35. The normalized spacial score (nSPS) is 13.7. The Morgan fingerprint density at radius 2 is 2.20 bits per heavy atom. The SMILES string of the molecule is Cc1cccc(-c2cn3c(n2)OCC3)n1. The zero-order valence-electron chi connectivity index (χ0n) is 8.47. The van der Waals surface area contributed by atoms with E-state index in [0.717, 1.165) is 30.2 Å². The predicted molar refractivity (Wildman–Crippen MR) is 55.7 cm³/mol. The Balaban J connectivity index is 2.06. The molecule has 0 saturated heterocycles. The van der Waals surface area contributed by atoms with Crippen LogP contribution in [0.5, 0.6) is 6.01 Å². The molecular formula is C11H11N3O. The largest absolute Gasteiger partial charge is 0.463 e. The van der Waals surface area contributed by atoms with Crippen LogP contribution < -0.4 is 4.74 Å². The van der Waals surface area contributed by atoms with Crippen molar-refractivity contribution in [2.24, 2.45) is 0 Å². The molecule has 2 aromatic rings. The van der Waals surface area contributed by atoms with Crippen LogP contribution in [-0.4, -0.2) is 21.1 Å². The lowest BCUT2D eigenvalue weighted by atomic mass is 10.2. The van der Waals surface area contributed by atoms with E-state index in [1.54, 1.807) is 0 Å². The summed E-state index contributed by atoms with van der Waals surface area (Å²) in [7, 11) is 0. The molecule has 0 unspecified atom stereocenters. The van der Waals surface area contributed by atoms with Crippen LogP contribution in [0, 0.1) is 6.92 Å². The fraction of sp³-hybridized carbons (Fsp3) is 0.273. The van der Waals surface area contributed by atoms with E-state index in [4.69, 9.17) is 4.74 Å². The van der Waals surface area contributed by atoms with E-state index < -0.39 is 0 Å². The number of hydrogen-bond donors (Lipinski definition) is 0. The molecule has 0 saturated carbocycles. The van der Waals surface area contributed by atoms with E-state index >= 15 is 0 Å². The Bertz CT molecular complexity index is 483. The molecule has 0 bridgehead atoms. The van der Waals surface area contributed by atoms with Gasteiger partial charge in [-0.25, -0.2) is 0 Å². The number of imidazole rings is 1. The molecule has 0 amide bonds. The lowest BCUT2D eigenvalue weighted by Crippen LogP contribution is -1.93. The predicted octanol–water partition coefficient (Wildman–Crippen LogP) is 1.65. The highest BCUT2D eigenvalue weighted by molar-refractivity contribution is 5.54. The van der Waals surface area contributed by atoms with Crippen molar-refractivity contribution in [1.29, 1.82) is 0 Å². The number of nitrogens with zero attached hydrogens (tertiary/aromatic N) is 3. The van der Waals surface area contributed by atoms with Crippen LogP contribution in [0.3, 0.4) is 0 Å². The van der Waals surface area contributed by atoms with E-state index in [1.165, 1.54) is 0 Å². The lowest BCUT2D eigenvalue weighted by Gasteiger charge is -1.97. The van der Waals surface area contributed by atoms with Crippen molar-refractivity contribution in [3.8, 4) is 17.4 Å². The van der Waals surface area contributed by atoms with Crippen molar-refractivity contribution >= 4 is 0 Å². The molecule has 0 spiro atoms. The van der Waals surface area contributed by atoms with E-state index in [2.05, 4.69) is 9.97 Å². The summed E-state index contributed by atoms with van der Waals surface area (Å²) < 4.78 is 7.37. The highest BCUT2D eigenvalue weighted by Gasteiger charge is 2.16. The summed E-state index contributed by atoms with van der Waals surface area (Å²) in [5.74, 6) is 0. The van der Waals surface area contributed by atoms with Crippen molar-refractivity contribution in [2.45, 2.75) is 13.5 Å². The van der Waals surface area contributed by atoms with Crippen molar-refractivity contribution in [3.05, 3.63) is 30.1 Å². The average molecular weight is 201 g/mol. The molecule has 4 nitrogen and oxygen atoms in total. The molecule has 1 aliphatic rings. The highest BCUT2D eigenvalue weighted by atomic mass is 16.5. The summed E-state index contributed by atoms with van der Waals surface area (Å²) in [6.45, 7) is 3.59. The minimum absolute atomic E-state index is 0.702. The van der Waals surface area contributed by atoms with Gasteiger partial charge in [-0.1, -0.05) is 6.07 Å². The van der Waals surface area contributed by atoms with Gasteiger partial charge in [0, 0.05) is 11.9 Å². The van der Waals surface area contributed by atoms with Crippen LogP contribution in [-0.2, 0) is 6.54 Å². The van der Waals surface area contributed by atoms with Crippen LogP contribution in [0.15, 0.2) is 24.4 Å². The van der Waals surface area contributed by atoms with Crippen molar-refractivity contribution in [2.75, 3.05) is 6.61 Å². The van der Waals surface area contributed by atoms with Crippen molar-refractivity contribution in [3.63, 3.8) is 0 Å². The third kappa shape index (κ3) is 1.38. The average Bonchev–Trinajstić information content (AvgIpc) is 2.76. The van der Waals surface area contributed by atoms with Crippen LogP contribution in [0.25, 0.3) is 11.4 Å². The van der Waals surface area contributed by atoms with Crippen LogP contribution >= 0.6 is 0 Å². The molecule has 76 valence electrons. The third-order valence-corrected chi connectivity index (χ3v) is 2.45. The number of hydrogen-bond acceptors (Lipinski definition) is 3. The Morgan fingerprint density at radius 3 is 3.00 bits per heavy atom. The third-order valence-electron chi connectivity index (χ3n) is 2.45. The molecule has 4 heteroatoms. The minimum Gasteiger partial charge on any atom is -0.463 e. The molecule has 1 aliphatic heterocycles. The smallest absolute Gasteiger partial charge is 0.297 e. The fourth-order valence-electron chi connectivity index (χ4n) is 1.72. The maximum Gasteiger partial charge on any atom is 0.297 e. The first-order valence-electron chi connectivity index (χ1n) is 4.97. The van der Waals surface area contributed by atoms with E-state index in [9.17, 15) is 0 Å². The summed E-state index contributed by atoms with van der Waals surface area (Å²) in [4.78, 5) is 8.81. The number of rotatable bonds is 1. The molecule has 3 rings (SSSR count). The highest BCUT2D eigenvalue weighted by Crippen LogP contribution is 2.23. The second-order valence-electron chi connectivity index (χ2n) is 3.61. The Morgan fingerprint density at radius 1 is 1.27 bits per heavy atom. The van der Waals surface area contributed by atoms with E-state index in [-0.39, 0.29) is 0 Å². The van der Waals surface area contributed by atoms with Crippen LogP contribution in [0.1, 0.15) is 5.69 Å². The van der Waals surface area contributed by atoms with Gasteiger partial charge in [0.25, 0.3) is 6.01 Å². The maximum atomic E-state index is 5.35. The second-order valence-corrected chi connectivity index (χ2v) is 3.61.